The van der Waals surface area contributed by atoms with E-state index in [1.807, 2.05) is 30.5 Å². The molecule has 0 saturated carbocycles. The van der Waals surface area contributed by atoms with E-state index in [0.29, 0.717) is 28.7 Å². The van der Waals surface area contributed by atoms with Crippen molar-refractivity contribution in [2.75, 3.05) is 26.6 Å². The number of rotatable bonds is 7. The van der Waals surface area contributed by atoms with Crippen LogP contribution < -0.4 is 19.5 Å². The normalized spacial score (nSPS) is 15.4. The highest BCUT2D eigenvalue weighted by Gasteiger charge is 2.33. The monoisotopic (exact) mass is 506 g/mol. The minimum Gasteiger partial charge on any atom is -0.497 e. The van der Waals surface area contributed by atoms with Crippen molar-refractivity contribution in [1.29, 1.82) is 0 Å². The van der Waals surface area contributed by atoms with Gasteiger partial charge in [0, 0.05) is 17.2 Å². The molecule has 36 heavy (non-hydrogen) atoms. The van der Waals surface area contributed by atoms with E-state index in [-0.39, 0.29) is 11.3 Å². The third kappa shape index (κ3) is 5.57. The van der Waals surface area contributed by atoms with Crippen LogP contribution in [0.3, 0.4) is 0 Å². The van der Waals surface area contributed by atoms with Crippen LogP contribution in [-0.2, 0) is 12.8 Å². The molecule has 0 bridgehead atoms. The number of thiophene rings is 1. The van der Waals surface area contributed by atoms with Crippen LogP contribution in [0.5, 0.6) is 17.2 Å². The zero-order valence-corrected chi connectivity index (χ0v) is 22.6. The van der Waals surface area contributed by atoms with Gasteiger partial charge in [0.1, 0.15) is 22.2 Å². The molecule has 0 unspecified atom stereocenters. The van der Waals surface area contributed by atoms with Crippen molar-refractivity contribution in [2.45, 2.75) is 40.0 Å². The number of carbonyl (C=O) groups is 1. The number of nitrogens with zero attached hydrogens (tertiary/aromatic N) is 1. The second kappa shape index (κ2) is 10.7. The molecule has 1 N–H and O–H groups in total. The Hall–Kier alpha value is -3.32. The Morgan fingerprint density at radius 3 is 2.36 bits per heavy atom. The van der Waals surface area contributed by atoms with Gasteiger partial charge in [0.25, 0.3) is 5.91 Å². The quantitative estimate of drug-likeness (QED) is 0.353. The van der Waals surface area contributed by atoms with Crippen molar-refractivity contribution < 1.29 is 19.0 Å². The van der Waals surface area contributed by atoms with Crippen LogP contribution in [0.25, 0.3) is 0 Å². The highest BCUT2D eigenvalue weighted by atomic mass is 32.1. The minimum absolute atomic E-state index is 0.174. The fourth-order valence-electron chi connectivity index (χ4n) is 4.55. The van der Waals surface area contributed by atoms with E-state index in [2.05, 4.69) is 26.1 Å². The lowest BCUT2D eigenvalue weighted by atomic mass is 9.72. The number of nitrogens with one attached hydrogen (secondary N) is 1. The Morgan fingerprint density at radius 1 is 1.03 bits per heavy atom. The highest BCUT2D eigenvalue weighted by Crippen LogP contribution is 2.45. The number of ether oxygens (including phenoxy) is 3. The van der Waals surface area contributed by atoms with E-state index >= 15 is 0 Å². The zero-order chi connectivity index (χ0) is 25.9. The number of amides is 1. The number of fused-ring (bicyclic) bond motifs is 1. The van der Waals surface area contributed by atoms with Gasteiger partial charge in [-0.25, -0.2) is 4.99 Å². The average molecular weight is 507 g/mol. The smallest absolute Gasteiger partial charge is 0.259 e. The predicted molar refractivity (Wildman–Crippen MR) is 147 cm³/mol. The third-order valence-corrected chi connectivity index (χ3v) is 7.96. The molecule has 4 rings (SSSR count). The van der Waals surface area contributed by atoms with Crippen LogP contribution in [0.1, 0.15) is 53.6 Å². The number of carbonyl (C=O) groups excluding carboxylic acids is 1. The molecule has 1 heterocycles. The van der Waals surface area contributed by atoms with Gasteiger partial charge in [0.05, 0.1) is 32.6 Å². The number of methoxy groups -OCH3 is 3. The maximum absolute atomic E-state index is 13.7. The summed E-state index contributed by atoms with van der Waals surface area (Å²) < 4.78 is 16.0. The van der Waals surface area contributed by atoms with Crippen molar-refractivity contribution >= 4 is 34.1 Å². The molecule has 1 aliphatic carbocycles. The summed E-state index contributed by atoms with van der Waals surface area (Å²) in [4.78, 5) is 19.7. The van der Waals surface area contributed by atoms with Crippen LogP contribution in [0, 0.1) is 11.3 Å². The number of anilines is 1. The fraction of sp³-hybridized carbons (Fsp3) is 0.379. The number of aliphatic imine (C=N–C) groups is 1. The van der Waals surface area contributed by atoms with Crippen molar-refractivity contribution in [3.05, 3.63) is 64.0 Å². The van der Waals surface area contributed by atoms with Crippen molar-refractivity contribution in [2.24, 2.45) is 16.3 Å². The standard InChI is InChI=1S/C29H34N2O4S/c1-29(2,3)19-9-13-22-25(15-19)36-28(30-17-18-7-10-20(33-4)11-8-18)26(22)27(32)31-23-14-12-21(34-5)16-24(23)35-6/h7-8,10-12,14,16-17,19H,9,13,15H2,1-6H3,(H,31,32)/t19-/m1/s1. The molecule has 0 fully saturated rings. The lowest BCUT2D eigenvalue weighted by Gasteiger charge is -2.33. The Morgan fingerprint density at radius 2 is 1.72 bits per heavy atom. The van der Waals surface area contributed by atoms with Gasteiger partial charge >= 0.3 is 0 Å². The summed E-state index contributed by atoms with van der Waals surface area (Å²) in [5.74, 6) is 2.39. The maximum atomic E-state index is 13.7. The van der Waals surface area contributed by atoms with E-state index in [0.717, 1.165) is 41.1 Å². The SMILES string of the molecule is COc1ccc(C=Nc2sc3c(c2C(=O)Nc2ccc(OC)cc2OC)CC[C@@H](C(C)(C)C)C3)cc1. The molecule has 0 saturated heterocycles. The fourth-order valence-corrected chi connectivity index (χ4v) is 5.81. The molecule has 1 amide bonds. The van der Waals surface area contributed by atoms with Crippen LogP contribution >= 0.6 is 11.3 Å². The Labute approximate surface area is 217 Å². The molecule has 1 aliphatic rings. The summed E-state index contributed by atoms with van der Waals surface area (Å²) in [5.41, 5.74) is 3.53. The van der Waals surface area contributed by atoms with Crippen molar-refractivity contribution in [1.82, 2.24) is 0 Å². The van der Waals surface area contributed by atoms with Gasteiger partial charge in [-0.1, -0.05) is 20.8 Å². The summed E-state index contributed by atoms with van der Waals surface area (Å²) in [6.07, 6.45) is 4.70. The van der Waals surface area contributed by atoms with E-state index in [9.17, 15) is 4.79 Å². The lowest BCUT2D eigenvalue weighted by molar-refractivity contribution is 0.102. The van der Waals surface area contributed by atoms with E-state index < -0.39 is 0 Å². The van der Waals surface area contributed by atoms with Gasteiger partial charge in [-0.05, 0) is 78.1 Å². The highest BCUT2D eigenvalue weighted by molar-refractivity contribution is 7.16. The molecule has 0 radical (unpaired) electrons. The van der Waals surface area contributed by atoms with Crippen molar-refractivity contribution in [3.8, 4) is 17.2 Å². The van der Waals surface area contributed by atoms with E-state index in [1.165, 1.54) is 4.88 Å². The van der Waals surface area contributed by atoms with Gasteiger partial charge in [-0.3, -0.25) is 4.79 Å². The summed E-state index contributed by atoms with van der Waals surface area (Å²) >= 11 is 1.63. The molecule has 1 atom stereocenters. The zero-order valence-electron chi connectivity index (χ0n) is 21.8. The van der Waals surface area contributed by atoms with Crippen LogP contribution in [0.15, 0.2) is 47.5 Å². The molecule has 2 aromatic carbocycles. The van der Waals surface area contributed by atoms with Crippen LogP contribution in [0.4, 0.5) is 10.7 Å². The summed E-state index contributed by atoms with van der Waals surface area (Å²) in [7, 11) is 4.82. The molecule has 190 valence electrons. The minimum atomic E-state index is -0.174. The van der Waals surface area contributed by atoms with E-state index in [4.69, 9.17) is 19.2 Å². The van der Waals surface area contributed by atoms with E-state index in [1.54, 1.807) is 50.9 Å². The number of hydrogen-bond donors (Lipinski definition) is 1. The molecule has 0 spiro atoms. The van der Waals surface area contributed by atoms with Gasteiger partial charge in [-0.15, -0.1) is 11.3 Å². The largest absolute Gasteiger partial charge is 0.497 e. The molecule has 0 aliphatic heterocycles. The first-order chi connectivity index (χ1) is 17.2. The van der Waals surface area contributed by atoms with Gasteiger partial charge in [0.15, 0.2) is 0 Å². The van der Waals surface area contributed by atoms with Gasteiger partial charge in [0.2, 0.25) is 0 Å². The molecular formula is C29H34N2O4S. The number of benzene rings is 2. The van der Waals surface area contributed by atoms with Crippen molar-refractivity contribution in [3.63, 3.8) is 0 Å². The molecule has 1 aromatic heterocycles. The molecule has 6 nitrogen and oxygen atoms in total. The summed E-state index contributed by atoms with van der Waals surface area (Å²) in [5, 5.41) is 3.79. The Kier molecular flexibility index (Phi) is 7.69. The summed E-state index contributed by atoms with van der Waals surface area (Å²) in [6.45, 7) is 6.88. The molecule has 7 heteroatoms. The Balaban J connectivity index is 1.70. The molecular weight excluding hydrogens is 472 g/mol. The van der Waals surface area contributed by atoms with Crippen LogP contribution in [0.2, 0.25) is 0 Å². The second-order valence-electron chi connectivity index (χ2n) is 10.0. The summed E-state index contributed by atoms with van der Waals surface area (Å²) in [6, 6.07) is 13.1. The van der Waals surface area contributed by atoms with Gasteiger partial charge < -0.3 is 19.5 Å². The first kappa shape index (κ1) is 25.8. The number of hydrogen-bond acceptors (Lipinski definition) is 6. The first-order valence-electron chi connectivity index (χ1n) is 12.1. The second-order valence-corrected chi connectivity index (χ2v) is 11.1. The Bertz CT molecular complexity index is 1260. The van der Waals surface area contributed by atoms with Gasteiger partial charge in [-0.2, -0.15) is 0 Å². The van der Waals surface area contributed by atoms with Crippen LogP contribution in [-0.4, -0.2) is 33.5 Å². The average Bonchev–Trinajstić information content (AvgIpc) is 3.25. The predicted octanol–water partition coefficient (Wildman–Crippen LogP) is 6.93. The third-order valence-electron chi connectivity index (χ3n) is 6.80. The lowest BCUT2D eigenvalue weighted by Crippen LogP contribution is -2.27. The topological polar surface area (TPSA) is 69.2 Å². The maximum Gasteiger partial charge on any atom is 0.259 e. The molecule has 3 aromatic rings. The first-order valence-corrected chi connectivity index (χ1v) is 12.9.